The van der Waals surface area contributed by atoms with Crippen molar-refractivity contribution in [3.63, 3.8) is 0 Å². The number of halogens is 2. The molecular weight excluding hydrogens is 456 g/mol. The lowest BCUT2D eigenvalue weighted by Crippen LogP contribution is -2.27. The quantitative estimate of drug-likeness (QED) is 0.388. The van der Waals surface area contributed by atoms with Gasteiger partial charge in [0.05, 0.1) is 16.8 Å². The van der Waals surface area contributed by atoms with Crippen molar-refractivity contribution in [3.8, 4) is 0 Å². The first kappa shape index (κ1) is 19.4. The van der Waals surface area contributed by atoms with Gasteiger partial charge in [-0.25, -0.2) is 4.79 Å². The lowest BCUT2D eigenvalue weighted by atomic mass is 9.82. The van der Waals surface area contributed by atoms with Gasteiger partial charge in [0.1, 0.15) is 0 Å². The number of aryl methyl sites for hydroxylation is 1. The van der Waals surface area contributed by atoms with Crippen LogP contribution in [0.4, 0.5) is 16.2 Å². The lowest BCUT2D eigenvalue weighted by Gasteiger charge is -2.23. The first-order valence-electron chi connectivity index (χ1n) is 8.72. The summed E-state index contributed by atoms with van der Waals surface area (Å²) in [5, 5.41) is 5.89. The van der Waals surface area contributed by atoms with Gasteiger partial charge in [0.15, 0.2) is 11.6 Å². The highest BCUT2D eigenvalue weighted by Gasteiger charge is 2.34. The number of anilines is 2. The molecular formula is C22H14BrClN2O3. The minimum absolute atomic E-state index is 0.182. The fraction of sp³-hybridized carbons (Fsp3) is 0.0455. The number of rotatable bonds is 2. The van der Waals surface area contributed by atoms with Crippen LogP contribution in [0.2, 0.25) is 5.02 Å². The Morgan fingerprint density at radius 2 is 1.55 bits per heavy atom. The summed E-state index contributed by atoms with van der Waals surface area (Å²) in [6.45, 7) is 1.76. The summed E-state index contributed by atoms with van der Waals surface area (Å²) < 4.78 is 0.513. The van der Waals surface area contributed by atoms with Crippen molar-refractivity contribution < 1.29 is 14.4 Å². The van der Waals surface area contributed by atoms with E-state index in [2.05, 4.69) is 26.6 Å². The Morgan fingerprint density at radius 3 is 2.21 bits per heavy atom. The minimum Gasteiger partial charge on any atom is -0.308 e. The van der Waals surface area contributed by atoms with Gasteiger partial charge >= 0.3 is 6.03 Å². The van der Waals surface area contributed by atoms with E-state index in [0.29, 0.717) is 37.6 Å². The highest BCUT2D eigenvalue weighted by molar-refractivity contribution is 9.10. The van der Waals surface area contributed by atoms with Crippen molar-refractivity contribution >= 4 is 56.5 Å². The molecule has 0 radical (unpaired) electrons. The van der Waals surface area contributed by atoms with Crippen LogP contribution >= 0.6 is 27.5 Å². The van der Waals surface area contributed by atoms with Crippen LogP contribution in [0.1, 0.15) is 37.4 Å². The molecule has 0 spiro atoms. The highest BCUT2D eigenvalue weighted by Crippen LogP contribution is 2.38. The molecule has 144 valence electrons. The molecule has 3 aromatic carbocycles. The van der Waals surface area contributed by atoms with Crippen LogP contribution < -0.4 is 10.6 Å². The topological polar surface area (TPSA) is 75.3 Å². The number of benzene rings is 3. The number of hydrogen-bond acceptors (Lipinski definition) is 3. The smallest absolute Gasteiger partial charge is 0.308 e. The monoisotopic (exact) mass is 468 g/mol. The molecule has 2 N–H and O–H groups in total. The van der Waals surface area contributed by atoms with Crippen LogP contribution in [0.25, 0.3) is 0 Å². The van der Waals surface area contributed by atoms with Crippen molar-refractivity contribution in [3.05, 3.63) is 91.9 Å². The van der Waals surface area contributed by atoms with Crippen molar-refractivity contribution in [2.24, 2.45) is 0 Å². The fourth-order valence-electron chi connectivity index (χ4n) is 3.38. The molecule has 7 heteroatoms. The van der Waals surface area contributed by atoms with Crippen molar-refractivity contribution in [1.29, 1.82) is 0 Å². The summed E-state index contributed by atoms with van der Waals surface area (Å²) in [5.41, 5.74) is 2.56. The Morgan fingerprint density at radius 1 is 0.897 bits per heavy atom. The molecule has 1 aliphatic carbocycles. The van der Waals surface area contributed by atoms with E-state index in [1.54, 1.807) is 61.5 Å². The lowest BCUT2D eigenvalue weighted by molar-refractivity contribution is 0.0979. The number of hydrogen-bond donors (Lipinski definition) is 2. The summed E-state index contributed by atoms with van der Waals surface area (Å²) in [6.07, 6.45) is 0. The highest BCUT2D eigenvalue weighted by atomic mass is 79.9. The number of carbonyl (C=O) groups excluding carboxylic acids is 3. The van der Waals surface area contributed by atoms with Crippen LogP contribution in [-0.4, -0.2) is 17.6 Å². The molecule has 0 fully saturated rings. The van der Waals surface area contributed by atoms with E-state index in [1.807, 2.05) is 0 Å². The summed E-state index contributed by atoms with van der Waals surface area (Å²) in [5.74, 6) is -0.571. The maximum Gasteiger partial charge on any atom is 0.323 e. The molecule has 0 bridgehead atoms. The number of amides is 2. The van der Waals surface area contributed by atoms with Crippen LogP contribution in [0.15, 0.2) is 59.1 Å². The van der Waals surface area contributed by atoms with E-state index >= 15 is 0 Å². The van der Waals surface area contributed by atoms with Crippen LogP contribution in [0.3, 0.4) is 0 Å². The van der Waals surface area contributed by atoms with Crippen LogP contribution in [0, 0.1) is 6.92 Å². The third kappa shape index (κ3) is 3.45. The molecule has 5 nitrogen and oxygen atoms in total. The molecule has 4 rings (SSSR count). The number of carbonyl (C=O) groups is 3. The first-order valence-corrected chi connectivity index (χ1v) is 9.89. The molecule has 29 heavy (non-hydrogen) atoms. The second kappa shape index (κ2) is 7.46. The normalized spacial score (nSPS) is 12.2. The molecule has 0 saturated carbocycles. The van der Waals surface area contributed by atoms with E-state index < -0.39 is 6.03 Å². The standard InChI is InChI=1S/C22H14BrClN2O3/c1-11-9-16(23)17-18(21(28)15-8-3-2-7-14(15)20(17)27)19(11)26-22(29)25-13-6-4-5-12(24)10-13/h2-10H,1H3,(H2,25,26,29). The molecule has 0 atom stereocenters. The molecule has 0 unspecified atom stereocenters. The zero-order valence-corrected chi connectivity index (χ0v) is 17.5. The average molecular weight is 470 g/mol. The van der Waals surface area contributed by atoms with Gasteiger partial charge < -0.3 is 10.6 Å². The Labute approximate surface area is 180 Å². The zero-order valence-electron chi connectivity index (χ0n) is 15.2. The van der Waals surface area contributed by atoms with Gasteiger partial charge in [-0.05, 0) is 52.7 Å². The Balaban J connectivity index is 1.76. The summed E-state index contributed by atoms with van der Waals surface area (Å²) in [4.78, 5) is 38.8. The largest absolute Gasteiger partial charge is 0.323 e. The molecule has 1 aliphatic rings. The first-order chi connectivity index (χ1) is 13.9. The van der Waals surface area contributed by atoms with Crippen molar-refractivity contribution in [2.75, 3.05) is 10.6 Å². The van der Waals surface area contributed by atoms with Crippen LogP contribution in [0.5, 0.6) is 0 Å². The van der Waals surface area contributed by atoms with Gasteiger partial charge in [-0.3, -0.25) is 9.59 Å². The number of ketones is 2. The van der Waals surface area contributed by atoms with Gasteiger partial charge in [-0.15, -0.1) is 0 Å². The van der Waals surface area contributed by atoms with E-state index in [9.17, 15) is 14.4 Å². The predicted octanol–water partition coefficient (Wildman–Crippen LogP) is 5.83. The van der Waals surface area contributed by atoms with E-state index in [0.717, 1.165) is 0 Å². The van der Waals surface area contributed by atoms with E-state index in [-0.39, 0.29) is 22.7 Å². The third-order valence-corrected chi connectivity index (χ3v) is 5.53. The SMILES string of the molecule is Cc1cc(Br)c2c(c1NC(=O)Nc1cccc(Cl)c1)C(=O)c1ccccc1C2=O. The third-order valence-electron chi connectivity index (χ3n) is 4.67. The van der Waals surface area contributed by atoms with E-state index in [4.69, 9.17) is 11.6 Å². The summed E-state index contributed by atoms with van der Waals surface area (Å²) in [7, 11) is 0. The molecule has 3 aromatic rings. The van der Waals surface area contributed by atoms with Gasteiger partial charge in [0.25, 0.3) is 0 Å². The molecule has 0 saturated heterocycles. The minimum atomic E-state index is -0.543. The average Bonchev–Trinajstić information content (AvgIpc) is 2.68. The van der Waals surface area contributed by atoms with Crippen molar-refractivity contribution in [2.45, 2.75) is 6.92 Å². The van der Waals surface area contributed by atoms with Crippen LogP contribution in [-0.2, 0) is 0 Å². The van der Waals surface area contributed by atoms with Gasteiger partial charge in [0.2, 0.25) is 0 Å². The van der Waals surface area contributed by atoms with Gasteiger partial charge in [-0.2, -0.15) is 0 Å². The van der Waals surface area contributed by atoms with E-state index in [1.165, 1.54) is 0 Å². The Kier molecular flexibility index (Phi) is 4.98. The fourth-order valence-corrected chi connectivity index (χ4v) is 4.29. The van der Waals surface area contributed by atoms with Crippen molar-refractivity contribution in [1.82, 2.24) is 0 Å². The van der Waals surface area contributed by atoms with Gasteiger partial charge in [-0.1, -0.05) is 41.9 Å². The molecule has 2 amide bonds. The molecule has 0 aliphatic heterocycles. The maximum atomic E-state index is 13.2. The van der Waals surface area contributed by atoms with Gasteiger partial charge in [0, 0.05) is 26.3 Å². The molecule has 0 heterocycles. The Bertz CT molecular complexity index is 1210. The predicted molar refractivity (Wildman–Crippen MR) is 116 cm³/mol. The molecule has 0 aromatic heterocycles. The second-order valence-electron chi connectivity index (χ2n) is 6.59. The zero-order chi connectivity index (χ0) is 20.7. The summed E-state index contributed by atoms with van der Waals surface area (Å²) >= 11 is 9.35. The summed E-state index contributed by atoms with van der Waals surface area (Å²) in [6, 6.07) is 14.6. The second-order valence-corrected chi connectivity index (χ2v) is 7.88. The number of nitrogens with one attached hydrogen (secondary N) is 2. The number of fused-ring (bicyclic) bond motifs is 2. The maximum absolute atomic E-state index is 13.2. The Hall–Kier alpha value is -2.96. The number of urea groups is 1.